The summed E-state index contributed by atoms with van der Waals surface area (Å²) in [5.41, 5.74) is 4.22. The van der Waals surface area contributed by atoms with E-state index in [0.717, 1.165) is 0 Å². The van der Waals surface area contributed by atoms with Crippen LogP contribution in [-0.2, 0) is 4.79 Å². The van der Waals surface area contributed by atoms with Crippen LogP contribution in [0.25, 0.3) is 0 Å². The minimum atomic E-state index is -0.770. The van der Waals surface area contributed by atoms with E-state index < -0.39 is 22.4 Å². The number of nitrogens with one attached hydrogen (secondary N) is 1. The minimum absolute atomic E-state index is 0.124. The first-order chi connectivity index (χ1) is 8.93. The molecule has 0 aliphatic rings. The van der Waals surface area contributed by atoms with Crippen molar-refractivity contribution >= 4 is 29.1 Å². The van der Waals surface area contributed by atoms with Crippen LogP contribution >= 0.6 is 11.6 Å². The number of aromatic nitrogens is 1. The molecule has 0 atom stereocenters. The summed E-state index contributed by atoms with van der Waals surface area (Å²) in [7, 11) is 0. The monoisotopic (exact) mass is 286 g/mol. The smallest absolute Gasteiger partial charge is 0.319 e. The van der Waals surface area contributed by atoms with Crippen LogP contribution < -0.4 is 11.1 Å². The quantitative estimate of drug-likeness (QED) is 0.343. The van der Waals surface area contributed by atoms with E-state index in [0.29, 0.717) is 6.42 Å². The molecular formula is C10H11ClN4O4. The normalized spacial score (nSPS) is 9.95. The van der Waals surface area contributed by atoms with Crippen LogP contribution in [0.2, 0.25) is 5.15 Å². The number of halogens is 1. The molecule has 1 aromatic rings. The van der Waals surface area contributed by atoms with Crippen molar-refractivity contribution in [1.29, 1.82) is 0 Å². The third-order valence-electron chi connectivity index (χ3n) is 2.19. The van der Waals surface area contributed by atoms with Gasteiger partial charge in [-0.1, -0.05) is 11.6 Å². The van der Waals surface area contributed by atoms with Crippen LogP contribution in [0.4, 0.5) is 5.69 Å². The van der Waals surface area contributed by atoms with Crippen molar-refractivity contribution in [3.63, 3.8) is 0 Å². The summed E-state index contributed by atoms with van der Waals surface area (Å²) in [6.45, 7) is 0.179. The first kappa shape index (κ1) is 14.8. The Morgan fingerprint density at radius 3 is 2.79 bits per heavy atom. The molecule has 0 unspecified atom stereocenters. The number of pyridine rings is 1. The first-order valence-electron chi connectivity index (χ1n) is 5.29. The summed E-state index contributed by atoms with van der Waals surface area (Å²) in [5, 5.41) is 12.9. The Morgan fingerprint density at radius 2 is 2.21 bits per heavy atom. The van der Waals surface area contributed by atoms with Gasteiger partial charge < -0.3 is 11.1 Å². The highest BCUT2D eigenvalue weighted by molar-refractivity contribution is 6.32. The fourth-order valence-corrected chi connectivity index (χ4v) is 1.57. The number of nitro groups is 1. The van der Waals surface area contributed by atoms with Crippen LogP contribution in [0.5, 0.6) is 0 Å². The molecule has 2 amide bonds. The summed E-state index contributed by atoms with van der Waals surface area (Å²) in [6.07, 6.45) is 1.68. The highest BCUT2D eigenvalue weighted by Crippen LogP contribution is 2.25. The highest BCUT2D eigenvalue weighted by atomic mass is 35.5. The molecule has 0 aliphatic carbocycles. The number of hydrogen-bond donors (Lipinski definition) is 2. The SMILES string of the molecule is NC(=O)CCCNC(=O)c1ccnc(Cl)c1[N+](=O)[O-]. The molecule has 0 saturated heterocycles. The van der Waals surface area contributed by atoms with Crippen LogP contribution in [0.3, 0.4) is 0 Å². The topological polar surface area (TPSA) is 128 Å². The lowest BCUT2D eigenvalue weighted by Gasteiger charge is -2.05. The van der Waals surface area contributed by atoms with Crippen molar-refractivity contribution in [2.24, 2.45) is 5.73 Å². The summed E-state index contributed by atoms with van der Waals surface area (Å²) in [5.74, 6) is -1.13. The fraction of sp³-hybridized carbons (Fsp3) is 0.300. The van der Waals surface area contributed by atoms with Crippen molar-refractivity contribution < 1.29 is 14.5 Å². The van der Waals surface area contributed by atoms with Gasteiger partial charge in [0, 0.05) is 19.2 Å². The van der Waals surface area contributed by atoms with Crippen molar-refractivity contribution in [1.82, 2.24) is 10.3 Å². The van der Waals surface area contributed by atoms with Crippen molar-refractivity contribution in [3.8, 4) is 0 Å². The van der Waals surface area contributed by atoms with Gasteiger partial charge in [-0.15, -0.1) is 0 Å². The van der Waals surface area contributed by atoms with E-state index in [1.807, 2.05) is 0 Å². The van der Waals surface area contributed by atoms with Gasteiger partial charge >= 0.3 is 5.69 Å². The summed E-state index contributed by atoms with van der Waals surface area (Å²) >= 11 is 5.58. The Kier molecular flexibility index (Phi) is 5.19. The predicted octanol–water partition coefficient (Wildman–Crippen LogP) is 0.638. The largest absolute Gasteiger partial charge is 0.370 e. The summed E-state index contributed by atoms with van der Waals surface area (Å²) in [4.78, 5) is 35.8. The average Bonchev–Trinajstić information content (AvgIpc) is 2.33. The second-order valence-electron chi connectivity index (χ2n) is 3.58. The molecule has 0 fully saturated rings. The average molecular weight is 287 g/mol. The fourth-order valence-electron chi connectivity index (χ4n) is 1.35. The molecule has 0 radical (unpaired) electrons. The Labute approximate surface area is 113 Å². The van der Waals surface area contributed by atoms with Crippen LogP contribution in [-0.4, -0.2) is 28.3 Å². The van der Waals surface area contributed by atoms with Gasteiger partial charge in [-0.2, -0.15) is 0 Å². The number of hydrogen-bond acceptors (Lipinski definition) is 5. The molecule has 102 valence electrons. The number of nitrogens with zero attached hydrogens (tertiary/aromatic N) is 2. The predicted molar refractivity (Wildman–Crippen MR) is 66.7 cm³/mol. The third kappa shape index (κ3) is 4.18. The van der Waals surface area contributed by atoms with Gasteiger partial charge in [-0.3, -0.25) is 19.7 Å². The second-order valence-corrected chi connectivity index (χ2v) is 3.94. The summed E-state index contributed by atoms with van der Waals surface area (Å²) < 4.78 is 0. The van der Waals surface area contributed by atoms with E-state index in [4.69, 9.17) is 17.3 Å². The zero-order valence-corrected chi connectivity index (χ0v) is 10.5. The van der Waals surface area contributed by atoms with Gasteiger partial charge in [0.25, 0.3) is 5.91 Å². The molecular weight excluding hydrogens is 276 g/mol. The Hall–Kier alpha value is -2.22. The van der Waals surface area contributed by atoms with Crippen LogP contribution in [0.15, 0.2) is 12.3 Å². The Bertz CT molecular complexity index is 520. The van der Waals surface area contributed by atoms with E-state index in [9.17, 15) is 19.7 Å². The number of nitrogens with two attached hydrogens (primary N) is 1. The number of carbonyl (C=O) groups is 2. The van der Waals surface area contributed by atoms with Gasteiger partial charge in [0.2, 0.25) is 11.1 Å². The number of amides is 2. The van der Waals surface area contributed by atoms with E-state index in [-0.39, 0.29) is 23.7 Å². The molecule has 9 heteroatoms. The third-order valence-corrected chi connectivity index (χ3v) is 2.47. The Morgan fingerprint density at radius 1 is 1.53 bits per heavy atom. The highest BCUT2D eigenvalue weighted by Gasteiger charge is 2.24. The van der Waals surface area contributed by atoms with Crippen molar-refractivity contribution in [2.45, 2.75) is 12.8 Å². The molecule has 0 bridgehead atoms. The van der Waals surface area contributed by atoms with Gasteiger partial charge in [0.05, 0.1) is 4.92 Å². The molecule has 3 N–H and O–H groups in total. The van der Waals surface area contributed by atoms with Crippen LogP contribution in [0.1, 0.15) is 23.2 Å². The molecule has 1 aromatic heterocycles. The molecule has 1 heterocycles. The van der Waals surface area contributed by atoms with E-state index >= 15 is 0 Å². The molecule has 19 heavy (non-hydrogen) atoms. The molecule has 0 aliphatic heterocycles. The maximum atomic E-state index is 11.7. The zero-order chi connectivity index (χ0) is 14.4. The van der Waals surface area contributed by atoms with Gasteiger partial charge in [0.1, 0.15) is 5.56 Å². The lowest BCUT2D eigenvalue weighted by atomic mass is 10.2. The van der Waals surface area contributed by atoms with E-state index in [1.54, 1.807) is 0 Å². The molecule has 0 saturated carbocycles. The lowest BCUT2D eigenvalue weighted by molar-refractivity contribution is -0.385. The van der Waals surface area contributed by atoms with Crippen LogP contribution in [0, 0.1) is 10.1 Å². The molecule has 8 nitrogen and oxygen atoms in total. The number of rotatable bonds is 6. The van der Waals surface area contributed by atoms with Crippen molar-refractivity contribution in [3.05, 3.63) is 33.1 Å². The van der Waals surface area contributed by atoms with Gasteiger partial charge in [-0.05, 0) is 12.5 Å². The van der Waals surface area contributed by atoms with Crippen molar-refractivity contribution in [2.75, 3.05) is 6.54 Å². The maximum absolute atomic E-state index is 11.7. The zero-order valence-electron chi connectivity index (χ0n) is 9.76. The number of primary amides is 1. The van der Waals surface area contributed by atoms with E-state index in [2.05, 4.69) is 10.3 Å². The molecule has 0 spiro atoms. The van der Waals surface area contributed by atoms with Gasteiger partial charge in [-0.25, -0.2) is 4.98 Å². The van der Waals surface area contributed by atoms with E-state index in [1.165, 1.54) is 12.3 Å². The Balaban J connectivity index is 2.74. The maximum Gasteiger partial charge on any atom is 0.319 e. The second kappa shape index (κ2) is 6.64. The first-order valence-corrected chi connectivity index (χ1v) is 5.66. The molecule has 1 rings (SSSR count). The standard InChI is InChI=1S/C10H11ClN4O4/c11-9-8(15(18)19)6(3-5-13-9)10(17)14-4-1-2-7(12)16/h3,5H,1-2,4H2,(H2,12,16)(H,14,17). The minimum Gasteiger partial charge on any atom is -0.370 e. The lowest BCUT2D eigenvalue weighted by Crippen LogP contribution is -2.26. The molecule has 0 aromatic carbocycles. The summed E-state index contributed by atoms with van der Waals surface area (Å²) in [6, 6.07) is 1.20. The number of carbonyl (C=O) groups excluding carboxylic acids is 2. The van der Waals surface area contributed by atoms with Gasteiger partial charge in [0.15, 0.2) is 0 Å².